The molecule has 1 aliphatic carbocycles. The quantitative estimate of drug-likeness (QED) is 0.815. The topological polar surface area (TPSA) is 50.4 Å². The Hall–Kier alpha value is -1.42. The fourth-order valence-corrected chi connectivity index (χ4v) is 2.70. The van der Waals surface area contributed by atoms with Gasteiger partial charge in [0.1, 0.15) is 12.4 Å². The number of nitrogens with one attached hydrogen (secondary N) is 2. The first-order valence-corrected chi connectivity index (χ1v) is 7.96. The van der Waals surface area contributed by atoms with E-state index in [9.17, 15) is 4.79 Å². The lowest BCUT2D eigenvalue weighted by molar-refractivity contribution is 0.228. The van der Waals surface area contributed by atoms with Gasteiger partial charge in [-0.15, -0.1) is 0 Å². The number of halogens is 1. The van der Waals surface area contributed by atoms with Crippen molar-refractivity contribution in [3.05, 3.63) is 28.8 Å². The van der Waals surface area contributed by atoms with Crippen LogP contribution in [0.2, 0.25) is 5.02 Å². The van der Waals surface area contributed by atoms with Crippen molar-refractivity contribution in [2.45, 2.75) is 45.1 Å². The summed E-state index contributed by atoms with van der Waals surface area (Å²) in [5.74, 6) is 0.658. The third kappa shape index (κ3) is 5.46. The Bertz CT molecular complexity index is 473. The van der Waals surface area contributed by atoms with E-state index in [0.717, 1.165) is 18.4 Å². The third-order valence-corrected chi connectivity index (χ3v) is 3.98. The predicted molar refractivity (Wildman–Crippen MR) is 85.1 cm³/mol. The SMILES string of the molecule is Cc1ccc(Cl)c(OCCNC(=O)NC2CCCCC2)c1. The van der Waals surface area contributed by atoms with Crippen molar-refractivity contribution in [2.75, 3.05) is 13.2 Å². The van der Waals surface area contributed by atoms with Crippen LogP contribution in [-0.4, -0.2) is 25.2 Å². The second-order valence-corrected chi connectivity index (χ2v) is 5.92. The van der Waals surface area contributed by atoms with E-state index in [4.69, 9.17) is 16.3 Å². The molecule has 0 radical (unpaired) electrons. The fourth-order valence-electron chi connectivity index (χ4n) is 2.53. The molecule has 2 rings (SSSR count). The van der Waals surface area contributed by atoms with E-state index in [2.05, 4.69) is 10.6 Å². The smallest absolute Gasteiger partial charge is 0.315 e. The Kier molecular flexibility index (Phi) is 6.18. The maximum atomic E-state index is 11.7. The predicted octanol–water partition coefficient (Wildman–Crippen LogP) is 3.66. The lowest BCUT2D eigenvalue weighted by atomic mass is 9.96. The monoisotopic (exact) mass is 310 g/mol. The summed E-state index contributed by atoms with van der Waals surface area (Å²) in [4.78, 5) is 11.7. The highest BCUT2D eigenvalue weighted by molar-refractivity contribution is 6.32. The number of carbonyl (C=O) groups excluding carboxylic acids is 1. The molecule has 5 heteroatoms. The van der Waals surface area contributed by atoms with E-state index >= 15 is 0 Å². The Morgan fingerprint density at radius 1 is 1.33 bits per heavy atom. The summed E-state index contributed by atoms with van der Waals surface area (Å²) in [5.41, 5.74) is 1.09. The minimum absolute atomic E-state index is 0.110. The van der Waals surface area contributed by atoms with Gasteiger partial charge in [-0.3, -0.25) is 0 Å². The van der Waals surface area contributed by atoms with E-state index in [1.54, 1.807) is 0 Å². The summed E-state index contributed by atoms with van der Waals surface area (Å²) in [5, 5.41) is 6.41. The zero-order valence-corrected chi connectivity index (χ0v) is 13.2. The summed E-state index contributed by atoms with van der Waals surface area (Å²) >= 11 is 6.04. The third-order valence-electron chi connectivity index (χ3n) is 3.67. The van der Waals surface area contributed by atoms with E-state index in [0.29, 0.717) is 30.0 Å². The molecular weight excluding hydrogens is 288 g/mol. The molecule has 21 heavy (non-hydrogen) atoms. The van der Waals surface area contributed by atoms with Crippen LogP contribution in [0.4, 0.5) is 4.79 Å². The van der Waals surface area contributed by atoms with Crippen molar-refractivity contribution in [1.29, 1.82) is 0 Å². The maximum Gasteiger partial charge on any atom is 0.315 e. The van der Waals surface area contributed by atoms with Crippen molar-refractivity contribution >= 4 is 17.6 Å². The Morgan fingerprint density at radius 3 is 2.86 bits per heavy atom. The van der Waals surface area contributed by atoms with Gasteiger partial charge < -0.3 is 15.4 Å². The molecule has 0 unspecified atom stereocenters. The van der Waals surface area contributed by atoms with Crippen molar-refractivity contribution in [2.24, 2.45) is 0 Å². The van der Waals surface area contributed by atoms with Crippen LogP contribution in [0, 0.1) is 6.92 Å². The Labute approximate surface area is 131 Å². The highest BCUT2D eigenvalue weighted by Gasteiger charge is 2.15. The van der Waals surface area contributed by atoms with Crippen LogP contribution in [0.15, 0.2) is 18.2 Å². The number of aryl methyl sites for hydroxylation is 1. The molecule has 4 nitrogen and oxygen atoms in total. The Morgan fingerprint density at radius 2 is 2.10 bits per heavy atom. The van der Waals surface area contributed by atoms with Crippen LogP contribution < -0.4 is 15.4 Å². The second kappa shape index (κ2) is 8.13. The summed E-state index contributed by atoms with van der Waals surface area (Å²) < 4.78 is 5.58. The molecule has 1 aliphatic rings. The molecule has 0 atom stereocenters. The average Bonchev–Trinajstić information content (AvgIpc) is 2.48. The van der Waals surface area contributed by atoms with Gasteiger partial charge in [0.15, 0.2) is 0 Å². The molecule has 0 spiro atoms. The van der Waals surface area contributed by atoms with Crippen LogP contribution in [0.25, 0.3) is 0 Å². The van der Waals surface area contributed by atoms with Gasteiger partial charge in [0.05, 0.1) is 11.6 Å². The number of benzene rings is 1. The van der Waals surface area contributed by atoms with Crippen molar-refractivity contribution < 1.29 is 9.53 Å². The molecule has 0 bridgehead atoms. The Balaban J connectivity index is 1.64. The molecule has 0 aliphatic heterocycles. The van der Waals surface area contributed by atoms with Gasteiger partial charge in [-0.05, 0) is 37.5 Å². The van der Waals surface area contributed by atoms with Crippen LogP contribution in [-0.2, 0) is 0 Å². The highest BCUT2D eigenvalue weighted by atomic mass is 35.5. The van der Waals surface area contributed by atoms with Gasteiger partial charge in [0.25, 0.3) is 0 Å². The van der Waals surface area contributed by atoms with E-state index in [-0.39, 0.29) is 6.03 Å². The first-order chi connectivity index (χ1) is 10.1. The van der Waals surface area contributed by atoms with Gasteiger partial charge in [0.2, 0.25) is 0 Å². The number of amides is 2. The van der Waals surface area contributed by atoms with Gasteiger partial charge in [-0.25, -0.2) is 4.79 Å². The van der Waals surface area contributed by atoms with Crippen molar-refractivity contribution in [1.82, 2.24) is 10.6 Å². The van der Waals surface area contributed by atoms with Crippen LogP contribution in [0.5, 0.6) is 5.75 Å². The second-order valence-electron chi connectivity index (χ2n) is 5.52. The number of urea groups is 1. The largest absolute Gasteiger partial charge is 0.490 e. The van der Waals surface area contributed by atoms with E-state index in [1.165, 1.54) is 19.3 Å². The summed E-state index contributed by atoms with van der Waals surface area (Å²) in [6.45, 7) is 2.85. The van der Waals surface area contributed by atoms with E-state index in [1.807, 2.05) is 25.1 Å². The van der Waals surface area contributed by atoms with Crippen molar-refractivity contribution in [3.8, 4) is 5.75 Å². The number of carbonyl (C=O) groups is 1. The van der Waals surface area contributed by atoms with Gasteiger partial charge in [0, 0.05) is 6.04 Å². The molecule has 1 aromatic rings. The molecular formula is C16H23ClN2O2. The molecule has 116 valence electrons. The van der Waals surface area contributed by atoms with Crippen LogP contribution >= 0.6 is 11.6 Å². The lowest BCUT2D eigenvalue weighted by Crippen LogP contribution is -2.44. The molecule has 1 saturated carbocycles. The zero-order chi connectivity index (χ0) is 15.1. The summed E-state index contributed by atoms with van der Waals surface area (Å²) in [6.07, 6.45) is 5.87. The first-order valence-electron chi connectivity index (χ1n) is 7.58. The first kappa shape index (κ1) is 16.0. The number of rotatable bonds is 5. The molecule has 2 N–H and O–H groups in total. The molecule has 0 saturated heterocycles. The zero-order valence-electron chi connectivity index (χ0n) is 12.5. The molecule has 1 fully saturated rings. The average molecular weight is 311 g/mol. The maximum absolute atomic E-state index is 11.7. The van der Waals surface area contributed by atoms with Crippen LogP contribution in [0.3, 0.4) is 0 Å². The van der Waals surface area contributed by atoms with Crippen LogP contribution in [0.1, 0.15) is 37.7 Å². The normalized spacial score (nSPS) is 15.5. The molecule has 1 aromatic carbocycles. The molecule has 2 amide bonds. The van der Waals surface area contributed by atoms with Gasteiger partial charge in [-0.1, -0.05) is 36.9 Å². The van der Waals surface area contributed by atoms with Gasteiger partial charge in [-0.2, -0.15) is 0 Å². The summed E-state index contributed by atoms with van der Waals surface area (Å²) in [6, 6.07) is 5.86. The minimum Gasteiger partial charge on any atom is -0.490 e. The molecule has 0 aromatic heterocycles. The summed E-state index contributed by atoms with van der Waals surface area (Å²) in [7, 11) is 0. The highest BCUT2D eigenvalue weighted by Crippen LogP contribution is 2.24. The van der Waals surface area contributed by atoms with E-state index < -0.39 is 0 Å². The minimum atomic E-state index is -0.110. The number of hydrogen-bond acceptors (Lipinski definition) is 2. The fraction of sp³-hybridized carbons (Fsp3) is 0.562. The number of ether oxygens (including phenoxy) is 1. The standard InChI is InChI=1S/C16H23ClN2O2/c1-12-7-8-14(17)15(11-12)21-10-9-18-16(20)19-13-5-3-2-4-6-13/h7-8,11,13H,2-6,9-10H2,1H3,(H2,18,19,20). The van der Waals surface area contributed by atoms with Crippen molar-refractivity contribution in [3.63, 3.8) is 0 Å². The molecule has 0 heterocycles. The van der Waals surface area contributed by atoms with Gasteiger partial charge >= 0.3 is 6.03 Å². The lowest BCUT2D eigenvalue weighted by Gasteiger charge is -2.22. The number of hydrogen-bond donors (Lipinski definition) is 2.